The van der Waals surface area contributed by atoms with Gasteiger partial charge in [0, 0.05) is 18.9 Å². The molecule has 1 amide bonds. The van der Waals surface area contributed by atoms with Gasteiger partial charge in [-0.2, -0.15) is 0 Å². The molecule has 0 bridgehead atoms. The molecule has 0 N–H and O–H groups in total. The summed E-state index contributed by atoms with van der Waals surface area (Å²) < 4.78 is 1.51. The molecule has 0 saturated carbocycles. The lowest BCUT2D eigenvalue weighted by Crippen LogP contribution is -2.30. The van der Waals surface area contributed by atoms with E-state index >= 15 is 0 Å². The number of carbonyl (C=O) groups excluding carboxylic acids is 1. The second-order valence-electron chi connectivity index (χ2n) is 3.84. The Morgan fingerprint density at radius 3 is 2.82 bits per heavy atom. The van der Waals surface area contributed by atoms with Crippen molar-refractivity contribution in [3.8, 4) is 0 Å². The zero-order chi connectivity index (χ0) is 12.3. The number of carbonyl (C=O) groups is 1. The number of para-hydroxylation sites is 1. The van der Waals surface area contributed by atoms with Crippen LogP contribution in [0.25, 0.3) is 0 Å². The van der Waals surface area contributed by atoms with E-state index in [1.54, 1.807) is 24.3 Å². The topological polar surface area (TPSA) is 51.0 Å². The fourth-order valence-corrected chi connectivity index (χ4v) is 1.64. The highest BCUT2D eigenvalue weighted by Crippen LogP contribution is 2.17. The molecule has 0 aliphatic heterocycles. The maximum Gasteiger partial charge on any atom is 0.248 e. The Morgan fingerprint density at radius 2 is 2.18 bits per heavy atom. The molecule has 0 aliphatic rings. The van der Waals surface area contributed by atoms with E-state index in [0.717, 1.165) is 11.3 Å². The molecule has 5 nitrogen and oxygen atoms in total. The van der Waals surface area contributed by atoms with Crippen molar-refractivity contribution >= 4 is 11.6 Å². The molecule has 17 heavy (non-hydrogen) atoms. The van der Waals surface area contributed by atoms with Crippen LogP contribution >= 0.6 is 0 Å². The smallest absolute Gasteiger partial charge is 0.248 e. The number of nitrogens with zero attached hydrogens (tertiary/aromatic N) is 4. The molecule has 2 rings (SSSR count). The molecular formula is C12H14N4O. The molecule has 1 aromatic heterocycles. The van der Waals surface area contributed by atoms with Crippen LogP contribution in [0.3, 0.4) is 0 Å². The Bertz CT molecular complexity index is 507. The van der Waals surface area contributed by atoms with E-state index in [0.29, 0.717) is 0 Å². The van der Waals surface area contributed by atoms with E-state index in [1.165, 1.54) is 4.68 Å². The van der Waals surface area contributed by atoms with Crippen LogP contribution in [0.5, 0.6) is 0 Å². The predicted molar refractivity (Wildman–Crippen MR) is 64.6 cm³/mol. The molecule has 5 heteroatoms. The van der Waals surface area contributed by atoms with Crippen molar-refractivity contribution in [1.29, 1.82) is 0 Å². The first kappa shape index (κ1) is 11.3. The lowest BCUT2D eigenvalue weighted by molar-refractivity contribution is -0.119. The molecule has 0 fully saturated rings. The fraction of sp³-hybridized carbons (Fsp3) is 0.250. The first-order chi connectivity index (χ1) is 8.18. The number of likely N-dealkylation sites (N-methyl/N-ethyl adjacent to an activating group) is 1. The molecule has 1 aromatic carbocycles. The number of anilines is 1. The molecule has 0 atom stereocenters. The number of hydrogen-bond donors (Lipinski definition) is 0. The summed E-state index contributed by atoms with van der Waals surface area (Å²) in [6.07, 6.45) is 3.23. The number of hydrogen-bond acceptors (Lipinski definition) is 3. The third kappa shape index (κ3) is 2.50. The molecule has 1 heterocycles. The SMILES string of the molecule is Cc1ccccc1N(C)C(=O)Cn1ccnn1. The normalized spacial score (nSPS) is 10.2. The molecule has 0 radical (unpaired) electrons. The van der Waals surface area contributed by atoms with Crippen molar-refractivity contribution in [2.24, 2.45) is 0 Å². The Kier molecular flexibility index (Phi) is 3.18. The molecule has 2 aromatic rings. The lowest BCUT2D eigenvalue weighted by atomic mass is 10.2. The average molecular weight is 230 g/mol. The van der Waals surface area contributed by atoms with Crippen LogP contribution in [-0.2, 0) is 11.3 Å². The zero-order valence-corrected chi connectivity index (χ0v) is 9.87. The fourth-order valence-electron chi connectivity index (χ4n) is 1.64. The van der Waals surface area contributed by atoms with Crippen molar-refractivity contribution in [3.63, 3.8) is 0 Å². The van der Waals surface area contributed by atoms with E-state index in [2.05, 4.69) is 10.3 Å². The first-order valence-electron chi connectivity index (χ1n) is 5.35. The quantitative estimate of drug-likeness (QED) is 0.797. The van der Waals surface area contributed by atoms with Gasteiger partial charge >= 0.3 is 0 Å². The van der Waals surface area contributed by atoms with Gasteiger partial charge in [0.25, 0.3) is 0 Å². The molecule has 0 spiro atoms. The van der Waals surface area contributed by atoms with E-state index in [9.17, 15) is 4.79 Å². The average Bonchev–Trinajstić information content (AvgIpc) is 2.81. The van der Waals surface area contributed by atoms with Crippen LogP contribution in [0.2, 0.25) is 0 Å². The Balaban J connectivity index is 2.12. The minimum atomic E-state index is -0.0233. The first-order valence-corrected chi connectivity index (χ1v) is 5.35. The zero-order valence-electron chi connectivity index (χ0n) is 9.87. The molecule has 88 valence electrons. The minimum absolute atomic E-state index is 0.0233. The van der Waals surface area contributed by atoms with E-state index < -0.39 is 0 Å². The highest BCUT2D eigenvalue weighted by atomic mass is 16.2. The Morgan fingerprint density at radius 1 is 1.41 bits per heavy atom. The summed E-state index contributed by atoms with van der Waals surface area (Å²) in [6.45, 7) is 2.18. The summed E-state index contributed by atoms with van der Waals surface area (Å²) >= 11 is 0. The van der Waals surface area contributed by atoms with Gasteiger partial charge in [0.1, 0.15) is 6.54 Å². The minimum Gasteiger partial charge on any atom is -0.314 e. The summed E-state index contributed by atoms with van der Waals surface area (Å²) in [5.74, 6) is -0.0233. The van der Waals surface area contributed by atoms with Crippen molar-refractivity contribution < 1.29 is 4.79 Å². The highest BCUT2D eigenvalue weighted by Gasteiger charge is 2.13. The monoisotopic (exact) mass is 230 g/mol. The largest absolute Gasteiger partial charge is 0.314 e. The number of aromatic nitrogens is 3. The highest BCUT2D eigenvalue weighted by molar-refractivity contribution is 5.93. The number of amides is 1. The third-order valence-corrected chi connectivity index (χ3v) is 2.62. The van der Waals surface area contributed by atoms with Gasteiger partial charge in [0.15, 0.2) is 0 Å². The standard InChI is InChI=1S/C12H14N4O/c1-10-5-3-4-6-11(10)15(2)12(17)9-16-8-7-13-14-16/h3-8H,9H2,1-2H3. The third-order valence-electron chi connectivity index (χ3n) is 2.62. The molecule has 0 aliphatic carbocycles. The van der Waals surface area contributed by atoms with Crippen LogP contribution in [0.1, 0.15) is 5.56 Å². The maximum atomic E-state index is 12.0. The predicted octanol–water partition coefficient (Wildman–Crippen LogP) is 1.25. The van der Waals surface area contributed by atoms with Gasteiger partial charge in [0.2, 0.25) is 5.91 Å². The van der Waals surface area contributed by atoms with Crippen molar-refractivity contribution in [3.05, 3.63) is 42.2 Å². The summed E-state index contributed by atoms with van der Waals surface area (Å²) in [5.41, 5.74) is 1.99. The van der Waals surface area contributed by atoms with Crippen LogP contribution < -0.4 is 4.90 Å². The van der Waals surface area contributed by atoms with E-state index in [4.69, 9.17) is 0 Å². The van der Waals surface area contributed by atoms with Crippen LogP contribution in [-0.4, -0.2) is 27.9 Å². The second-order valence-corrected chi connectivity index (χ2v) is 3.84. The summed E-state index contributed by atoms with van der Waals surface area (Å²) in [5, 5.41) is 7.44. The van der Waals surface area contributed by atoms with Gasteiger partial charge < -0.3 is 4.90 Å². The summed E-state index contributed by atoms with van der Waals surface area (Å²) in [7, 11) is 1.77. The summed E-state index contributed by atoms with van der Waals surface area (Å²) in [4.78, 5) is 13.6. The molecular weight excluding hydrogens is 216 g/mol. The van der Waals surface area contributed by atoms with Crippen molar-refractivity contribution in [2.75, 3.05) is 11.9 Å². The van der Waals surface area contributed by atoms with Gasteiger partial charge in [-0.1, -0.05) is 23.4 Å². The van der Waals surface area contributed by atoms with Gasteiger partial charge in [-0.3, -0.25) is 4.79 Å². The summed E-state index contributed by atoms with van der Waals surface area (Å²) in [6, 6.07) is 7.78. The molecule has 0 saturated heterocycles. The lowest BCUT2D eigenvalue weighted by Gasteiger charge is -2.19. The number of aryl methyl sites for hydroxylation is 1. The van der Waals surface area contributed by atoms with Crippen molar-refractivity contribution in [1.82, 2.24) is 15.0 Å². The Labute approximate surface area is 99.7 Å². The van der Waals surface area contributed by atoms with Gasteiger partial charge in [-0.15, -0.1) is 5.10 Å². The number of rotatable bonds is 3. The van der Waals surface area contributed by atoms with E-state index in [1.807, 2.05) is 31.2 Å². The Hall–Kier alpha value is -2.17. The molecule has 0 unspecified atom stereocenters. The van der Waals surface area contributed by atoms with Gasteiger partial charge in [0.05, 0.1) is 6.20 Å². The van der Waals surface area contributed by atoms with Crippen LogP contribution in [0.4, 0.5) is 5.69 Å². The van der Waals surface area contributed by atoms with Crippen molar-refractivity contribution in [2.45, 2.75) is 13.5 Å². The van der Waals surface area contributed by atoms with Crippen LogP contribution in [0.15, 0.2) is 36.7 Å². The number of benzene rings is 1. The maximum absolute atomic E-state index is 12.0. The van der Waals surface area contributed by atoms with Gasteiger partial charge in [-0.05, 0) is 18.6 Å². The van der Waals surface area contributed by atoms with Gasteiger partial charge in [-0.25, -0.2) is 4.68 Å². The van der Waals surface area contributed by atoms with E-state index in [-0.39, 0.29) is 12.5 Å². The second kappa shape index (κ2) is 4.78. The van der Waals surface area contributed by atoms with Crippen LogP contribution in [0, 0.1) is 6.92 Å².